The normalized spacial score (nSPS) is 16.2. The highest BCUT2D eigenvalue weighted by atomic mass is 19.4. The van der Waals surface area contributed by atoms with Gasteiger partial charge in [0.15, 0.2) is 0 Å². The Bertz CT molecular complexity index is 303. The third-order valence-corrected chi connectivity index (χ3v) is 2.20. The number of carboxylic acids is 1. The molecule has 2 N–H and O–H groups in total. The third-order valence-electron chi connectivity index (χ3n) is 2.20. The van der Waals surface area contributed by atoms with E-state index in [1.807, 2.05) is 0 Å². The molecule has 0 spiro atoms. The molecule has 0 aromatic heterocycles. The lowest BCUT2D eigenvalue weighted by Crippen LogP contribution is -2.60. The van der Waals surface area contributed by atoms with Gasteiger partial charge in [0.1, 0.15) is 6.61 Å². The minimum Gasteiger partial charge on any atom is -0.480 e. The summed E-state index contributed by atoms with van der Waals surface area (Å²) in [7, 11) is 0. The smallest absolute Gasteiger partial charge is 0.417 e. The van der Waals surface area contributed by atoms with Crippen LogP contribution in [0.1, 0.15) is 13.3 Å². The molecule has 1 atom stereocenters. The molecule has 0 aliphatic heterocycles. The third kappa shape index (κ3) is 6.10. The second-order valence-corrected chi connectivity index (χ2v) is 3.88. The van der Waals surface area contributed by atoms with Gasteiger partial charge in [-0.05, 0) is 19.9 Å². The summed E-state index contributed by atoms with van der Waals surface area (Å²) in [6.45, 7) is -1.94. The van der Waals surface area contributed by atoms with Crippen molar-refractivity contribution in [3.63, 3.8) is 0 Å². The fourth-order valence-electron chi connectivity index (χ4n) is 0.998. The standard InChI is InChI=1S/C9H13F6NO3/c1-7(6(17)18,9(13,14)15)16-3-2-4-19-5-8(10,11)12/h16H,2-5H2,1H3,(H,17,18). The number of carboxylic acid groups (broad SMARTS) is 1. The minimum absolute atomic E-state index is 0.185. The van der Waals surface area contributed by atoms with Crippen molar-refractivity contribution >= 4 is 5.97 Å². The topological polar surface area (TPSA) is 58.6 Å². The van der Waals surface area contributed by atoms with Crippen molar-refractivity contribution in [3.8, 4) is 0 Å². The highest BCUT2D eigenvalue weighted by Crippen LogP contribution is 2.30. The van der Waals surface area contributed by atoms with E-state index < -0.39 is 43.6 Å². The van der Waals surface area contributed by atoms with Crippen molar-refractivity contribution in [3.05, 3.63) is 0 Å². The second-order valence-electron chi connectivity index (χ2n) is 3.88. The number of aliphatic carboxylic acids is 1. The average Bonchev–Trinajstić information content (AvgIpc) is 2.19. The van der Waals surface area contributed by atoms with Gasteiger partial charge in [0, 0.05) is 6.61 Å². The Morgan fingerprint density at radius 3 is 2.11 bits per heavy atom. The van der Waals surface area contributed by atoms with Crippen LogP contribution in [0.3, 0.4) is 0 Å². The summed E-state index contributed by atoms with van der Waals surface area (Å²) in [5.74, 6) is -2.11. The van der Waals surface area contributed by atoms with Gasteiger partial charge < -0.3 is 9.84 Å². The Balaban J connectivity index is 4.08. The molecule has 0 bridgehead atoms. The first-order valence-corrected chi connectivity index (χ1v) is 5.10. The number of hydrogen-bond acceptors (Lipinski definition) is 3. The van der Waals surface area contributed by atoms with Crippen LogP contribution in [-0.4, -0.2) is 48.7 Å². The number of nitrogens with one attached hydrogen (secondary N) is 1. The molecule has 0 amide bonds. The molecule has 10 heteroatoms. The van der Waals surface area contributed by atoms with E-state index in [1.54, 1.807) is 5.32 Å². The van der Waals surface area contributed by atoms with Gasteiger partial charge in [0.05, 0.1) is 0 Å². The summed E-state index contributed by atoms with van der Waals surface area (Å²) in [6.07, 6.45) is -9.71. The van der Waals surface area contributed by atoms with Crippen LogP contribution in [0.15, 0.2) is 0 Å². The molecule has 114 valence electrons. The van der Waals surface area contributed by atoms with E-state index >= 15 is 0 Å². The summed E-state index contributed by atoms with van der Waals surface area (Å²) in [6, 6.07) is 0. The Hall–Kier alpha value is -1.03. The summed E-state index contributed by atoms with van der Waals surface area (Å²) in [5.41, 5.74) is -3.14. The molecule has 0 saturated heterocycles. The number of halogens is 6. The first kappa shape index (κ1) is 18.0. The zero-order chi connectivity index (χ0) is 15.3. The fourth-order valence-corrected chi connectivity index (χ4v) is 0.998. The lowest BCUT2D eigenvalue weighted by atomic mass is 10.0. The molecule has 0 aromatic rings. The SMILES string of the molecule is CC(NCCCOCC(F)(F)F)(C(=O)O)C(F)(F)F. The Labute approximate surface area is 104 Å². The number of hydrogen-bond donors (Lipinski definition) is 2. The van der Waals surface area contributed by atoms with Crippen LogP contribution in [-0.2, 0) is 9.53 Å². The van der Waals surface area contributed by atoms with Crippen LogP contribution in [0, 0.1) is 0 Å². The van der Waals surface area contributed by atoms with Gasteiger partial charge in [-0.2, -0.15) is 26.3 Å². The molecular formula is C9H13F6NO3. The van der Waals surface area contributed by atoms with Crippen LogP contribution in [0.25, 0.3) is 0 Å². The summed E-state index contributed by atoms with van der Waals surface area (Å²) >= 11 is 0. The summed E-state index contributed by atoms with van der Waals surface area (Å²) in [5, 5.41) is 10.3. The van der Waals surface area contributed by atoms with Gasteiger partial charge in [-0.25, -0.2) is 4.79 Å². The van der Waals surface area contributed by atoms with E-state index in [1.165, 1.54) is 0 Å². The Morgan fingerprint density at radius 2 is 1.74 bits per heavy atom. The zero-order valence-electron chi connectivity index (χ0n) is 9.86. The first-order chi connectivity index (χ1) is 8.40. The van der Waals surface area contributed by atoms with Crippen LogP contribution in [0.4, 0.5) is 26.3 Å². The van der Waals surface area contributed by atoms with Gasteiger partial charge in [0.2, 0.25) is 5.54 Å². The molecule has 0 heterocycles. The van der Waals surface area contributed by atoms with Gasteiger partial charge in [0.25, 0.3) is 0 Å². The van der Waals surface area contributed by atoms with Crippen molar-refractivity contribution in [2.24, 2.45) is 0 Å². The van der Waals surface area contributed by atoms with Crippen LogP contribution in [0.5, 0.6) is 0 Å². The molecule has 1 unspecified atom stereocenters. The van der Waals surface area contributed by atoms with Crippen molar-refractivity contribution in [1.82, 2.24) is 5.32 Å². The highest BCUT2D eigenvalue weighted by Gasteiger charge is 2.56. The van der Waals surface area contributed by atoms with Crippen molar-refractivity contribution in [1.29, 1.82) is 0 Å². The molecule has 0 radical (unpaired) electrons. The summed E-state index contributed by atoms with van der Waals surface area (Å²) < 4.78 is 76.5. The van der Waals surface area contributed by atoms with E-state index in [4.69, 9.17) is 5.11 Å². The number of carbonyl (C=O) groups is 1. The molecule has 0 aliphatic carbocycles. The average molecular weight is 297 g/mol. The number of rotatable bonds is 7. The van der Waals surface area contributed by atoms with E-state index in [9.17, 15) is 31.1 Å². The van der Waals surface area contributed by atoms with Crippen molar-refractivity contribution in [2.45, 2.75) is 31.2 Å². The lowest BCUT2D eigenvalue weighted by molar-refractivity contribution is -0.206. The molecule has 0 fully saturated rings. The number of ether oxygens (including phenoxy) is 1. The Morgan fingerprint density at radius 1 is 1.21 bits per heavy atom. The van der Waals surface area contributed by atoms with Crippen LogP contribution < -0.4 is 5.32 Å². The molecule has 0 saturated carbocycles. The molecule has 0 aliphatic rings. The van der Waals surface area contributed by atoms with E-state index in [-0.39, 0.29) is 6.42 Å². The zero-order valence-corrected chi connectivity index (χ0v) is 9.86. The molecule has 19 heavy (non-hydrogen) atoms. The molecule has 4 nitrogen and oxygen atoms in total. The minimum atomic E-state index is -5.02. The molecule has 0 aromatic carbocycles. The monoisotopic (exact) mass is 297 g/mol. The van der Waals surface area contributed by atoms with Gasteiger partial charge >= 0.3 is 18.3 Å². The predicted molar refractivity (Wildman–Crippen MR) is 51.6 cm³/mol. The van der Waals surface area contributed by atoms with Crippen molar-refractivity contribution < 1.29 is 41.0 Å². The van der Waals surface area contributed by atoms with Gasteiger partial charge in [-0.15, -0.1) is 0 Å². The lowest BCUT2D eigenvalue weighted by Gasteiger charge is -2.28. The maximum Gasteiger partial charge on any atom is 0.417 e. The first-order valence-electron chi connectivity index (χ1n) is 5.10. The second kappa shape index (κ2) is 6.42. The van der Waals surface area contributed by atoms with Gasteiger partial charge in [-0.3, -0.25) is 5.32 Å². The highest BCUT2D eigenvalue weighted by molar-refractivity contribution is 5.79. The Kier molecular flexibility index (Phi) is 6.07. The van der Waals surface area contributed by atoms with Crippen LogP contribution in [0.2, 0.25) is 0 Å². The molecular weight excluding hydrogens is 284 g/mol. The van der Waals surface area contributed by atoms with Gasteiger partial charge in [-0.1, -0.05) is 0 Å². The molecule has 0 rings (SSSR count). The van der Waals surface area contributed by atoms with Crippen molar-refractivity contribution in [2.75, 3.05) is 19.8 Å². The maximum atomic E-state index is 12.5. The van der Waals surface area contributed by atoms with Crippen LogP contribution >= 0.6 is 0 Å². The van der Waals surface area contributed by atoms with E-state index in [2.05, 4.69) is 4.74 Å². The predicted octanol–water partition coefficient (Wildman–Crippen LogP) is 1.95. The van der Waals surface area contributed by atoms with E-state index in [0.717, 1.165) is 0 Å². The van der Waals surface area contributed by atoms with E-state index in [0.29, 0.717) is 6.92 Å². The maximum absolute atomic E-state index is 12.5. The fraction of sp³-hybridized carbons (Fsp3) is 0.889. The largest absolute Gasteiger partial charge is 0.480 e. The quantitative estimate of drug-likeness (QED) is 0.557. The number of alkyl halides is 6. The summed E-state index contributed by atoms with van der Waals surface area (Å²) in [4.78, 5) is 10.6.